The van der Waals surface area contributed by atoms with Crippen molar-refractivity contribution in [3.05, 3.63) is 41.7 Å². The predicted molar refractivity (Wildman–Crippen MR) is 89.1 cm³/mol. The summed E-state index contributed by atoms with van der Waals surface area (Å²) in [4.78, 5) is 2.47. The van der Waals surface area contributed by atoms with Gasteiger partial charge in [0.2, 0.25) is 6.79 Å². The lowest BCUT2D eigenvalue weighted by atomic mass is 9.93. The van der Waals surface area contributed by atoms with Gasteiger partial charge in [0.1, 0.15) is 0 Å². The summed E-state index contributed by atoms with van der Waals surface area (Å²) in [6.45, 7) is 4.04. The molecule has 0 amide bonds. The van der Waals surface area contributed by atoms with Gasteiger partial charge < -0.3 is 14.6 Å². The highest BCUT2D eigenvalue weighted by molar-refractivity contribution is 5.48. The molecule has 1 saturated heterocycles. The largest absolute Gasteiger partial charge is 0.454 e. The Hall–Kier alpha value is -2.05. The molecule has 0 unspecified atom stereocenters. The molecule has 3 heterocycles. The van der Waals surface area contributed by atoms with E-state index in [1.54, 1.807) is 0 Å². The van der Waals surface area contributed by atoms with Gasteiger partial charge in [0.15, 0.2) is 11.5 Å². The molecule has 2 aliphatic rings. The van der Waals surface area contributed by atoms with Crippen molar-refractivity contribution in [2.75, 3.05) is 26.5 Å². The third-order valence-electron chi connectivity index (χ3n) is 4.94. The minimum absolute atomic E-state index is 0.134. The molecular formula is C18H23N3O3. The molecule has 6 heteroatoms. The van der Waals surface area contributed by atoms with E-state index in [-0.39, 0.29) is 6.61 Å². The van der Waals surface area contributed by atoms with Crippen molar-refractivity contribution in [1.82, 2.24) is 14.7 Å². The highest BCUT2D eigenvalue weighted by Gasteiger charge is 2.25. The maximum atomic E-state index is 9.15. The zero-order valence-electron chi connectivity index (χ0n) is 13.7. The monoisotopic (exact) mass is 329 g/mol. The number of piperidine rings is 1. The molecule has 128 valence electrons. The molecule has 1 aromatic heterocycles. The van der Waals surface area contributed by atoms with E-state index in [0.29, 0.717) is 19.3 Å². The van der Waals surface area contributed by atoms with Crippen LogP contribution in [0.3, 0.4) is 0 Å². The molecule has 4 rings (SSSR count). The van der Waals surface area contributed by atoms with Crippen LogP contribution in [0.2, 0.25) is 0 Å². The van der Waals surface area contributed by atoms with E-state index in [4.69, 9.17) is 14.6 Å². The molecule has 0 radical (unpaired) electrons. The van der Waals surface area contributed by atoms with Crippen LogP contribution >= 0.6 is 0 Å². The second kappa shape index (κ2) is 6.83. The molecular weight excluding hydrogens is 306 g/mol. The minimum atomic E-state index is 0.134. The highest BCUT2D eigenvalue weighted by Crippen LogP contribution is 2.37. The fourth-order valence-electron chi connectivity index (χ4n) is 3.71. The molecule has 1 fully saturated rings. The van der Waals surface area contributed by atoms with Crippen LogP contribution in [0.4, 0.5) is 0 Å². The zero-order valence-corrected chi connectivity index (χ0v) is 13.7. The first-order valence-electron chi connectivity index (χ1n) is 8.57. The van der Waals surface area contributed by atoms with Crippen molar-refractivity contribution in [3.63, 3.8) is 0 Å². The molecule has 0 aliphatic carbocycles. The van der Waals surface area contributed by atoms with Crippen molar-refractivity contribution in [3.8, 4) is 11.5 Å². The van der Waals surface area contributed by atoms with Gasteiger partial charge in [-0.2, -0.15) is 5.10 Å². The van der Waals surface area contributed by atoms with Crippen LogP contribution in [-0.2, 0) is 13.1 Å². The smallest absolute Gasteiger partial charge is 0.231 e. The number of benzene rings is 1. The maximum Gasteiger partial charge on any atom is 0.231 e. The van der Waals surface area contributed by atoms with E-state index >= 15 is 0 Å². The Kier molecular flexibility index (Phi) is 4.40. The summed E-state index contributed by atoms with van der Waals surface area (Å²) >= 11 is 0. The molecule has 0 saturated carbocycles. The summed E-state index contributed by atoms with van der Waals surface area (Å²) in [5, 5.41) is 13.5. The summed E-state index contributed by atoms with van der Waals surface area (Å²) in [5.74, 6) is 2.28. The van der Waals surface area contributed by atoms with E-state index in [9.17, 15) is 0 Å². The Morgan fingerprint density at radius 1 is 1.17 bits per heavy atom. The number of para-hydroxylation sites is 1. The first-order valence-corrected chi connectivity index (χ1v) is 8.57. The summed E-state index contributed by atoms with van der Waals surface area (Å²) in [6, 6.07) is 8.20. The number of aliphatic hydroxyl groups excluding tert-OH is 1. The number of aliphatic hydroxyl groups is 1. The number of rotatable bonds is 5. The third kappa shape index (κ3) is 2.99. The van der Waals surface area contributed by atoms with Crippen LogP contribution in [0.15, 0.2) is 30.5 Å². The molecule has 2 aliphatic heterocycles. The average Bonchev–Trinajstić information content (AvgIpc) is 3.26. The Morgan fingerprint density at radius 3 is 2.88 bits per heavy atom. The van der Waals surface area contributed by atoms with Gasteiger partial charge in [-0.3, -0.25) is 9.58 Å². The molecule has 24 heavy (non-hydrogen) atoms. The Labute approximate surface area is 141 Å². The lowest BCUT2D eigenvalue weighted by molar-refractivity contribution is 0.169. The Bertz CT molecular complexity index is 693. The highest BCUT2D eigenvalue weighted by atomic mass is 16.7. The van der Waals surface area contributed by atoms with Crippen LogP contribution in [0.25, 0.3) is 0 Å². The Morgan fingerprint density at radius 2 is 2.04 bits per heavy atom. The van der Waals surface area contributed by atoms with Gasteiger partial charge in [-0.25, -0.2) is 0 Å². The van der Waals surface area contributed by atoms with Crippen LogP contribution in [0.1, 0.15) is 30.0 Å². The van der Waals surface area contributed by atoms with Crippen LogP contribution in [0, 0.1) is 0 Å². The predicted octanol–water partition coefficient (Wildman–Crippen LogP) is 1.98. The SMILES string of the molecule is OCCn1nccc1C1CCN(Cc2cccc3c2OCO3)CC1. The molecule has 0 spiro atoms. The van der Waals surface area contributed by atoms with Crippen molar-refractivity contribution >= 4 is 0 Å². The fourth-order valence-corrected chi connectivity index (χ4v) is 3.71. The zero-order chi connectivity index (χ0) is 16.4. The van der Waals surface area contributed by atoms with Gasteiger partial charge in [-0.15, -0.1) is 0 Å². The molecule has 1 N–H and O–H groups in total. The third-order valence-corrected chi connectivity index (χ3v) is 4.94. The van der Waals surface area contributed by atoms with E-state index in [1.165, 1.54) is 11.3 Å². The number of nitrogens with zero attached hydrogens (tertiary/aromatic N) is 3. The van der Waals surface area contributed by atoms with Crippen LogP contribution in [-0.4, -0.2) is 46.3 Å². The maximum absolute atomic E-state index is 9.15. The number of fused-ring (bicyclic) bond motifs is 1. The molecule has 2 aromatic rings. The lowest BCUT2D eigenvalue weighted by Crippen LogP contribution is -2.33. The first kappa shape index (κ1) is 15.5. The summed E-state index contributed by atoms with van der Waals surface area (Å²) in [7, 11) is 0. The standard InChI is InChI=1S/C18H23N3O3/c22-11-10-21-16(4-7-19-21)14-5-8-20(9-6-14)12-15-2-1-3-17-18(15)24-13-23-17/h1-4,7,14,22H,5-6,8-13H2. The van der Waals surface area contributed by atoms with E-state index in [1.807, 2.05) is 23.0 Å². The van der Waals surface area contributed by atoms with Gasteiger partial charge in [-0.1, -0.05) is 12.1 Å². The molecule has 6 nitrogen and oxygen atoms in total. The second-order valence-electron chi connectivity index (χ2n) is 6.40. The van der Waals surface area contributed by atoms with Gasteiger partial charge in [-0.05, 0) is 38.1 Å². The van der Waals surface area contributed by atoms with E-state index in [0.717, 1.165) is 44.0 Å². The van der Waals surface area contributed by atoms with Crippen LogP contribution < -0.4 is 9.47 Å². The number of likely N-dealkylation sites (tertiary alicyclic amines) is 1. The summed E-state index contributed by atoms with van der Waals surface area (Å²) < 4.78 is 13.0. The molecule has 0 bridgehead atoms. The number of hydrogen-bond acceptors (Lipinski definition) is 5. The lowest BCUT2D eigenvalue weighted by Gasteiger charge is -2.32. The van der Waals surface area contributed by atoms with Crippen LogP contribution in [0.5, 0.6) is 11.5 Å². The summed E-state index contributed by atoms with van der Waals surface area (Å²) in [6.07, 6.45) is 4.06. The normalized spacial score (nSPS) is 18.2. The quantitative estimate of drug-likeness (QED) is 0.909. The second-order valence-corrected chi connectivity index (χ2v) is 6.40. The number of aromatic nitrogens is 2. The molecule has 1 aromatic carbocycles. The first-order chi connectivity index (χ1) is 11.8. The average molecular weight is 329 g/mol. The minimum Gasteiger partial charge on any atom is -0.454 e. The number of hydrogen-bond donors (Lipinski definition) is 1. The van der Waals surface area contributed by atoms with Crippen molar-refractivity contribution in [2.45, 2.75) is 31.8 Å². The summed E-state index contributed by atoms with van der Waals surface area (Å²) in [5.41, 5.74) is 2.45. The molecule has 0 atom stereocenters. The Balaban J connectivity index is 1.38. The van der Waals surface area contributed by atoms with Gasteiger partial charge >= 0.3 is 0 Å². The topological polar surface area (TPSA) is 59.8 Å². The van der Waals surface area contributed by atoms with E-state index < -0.39 is 0 Å². The van der Waals surface area contributed by atoms with E-state index in [2.05, 4.69) is 22.1 Å². The van der Waals surface area contributed by atoms with Crippen molar-refractivity contribution < 1.29 is 14.6 Å². The fraction of sp³-hybridized carbons (Fsp3) is 0.500. The van der Waals surface area contributed by atoms with Crippen molar-refractivity contribution in [2.24, 2.45) is 0 Å². The van der Waals surface area contributed by atoms with Gasteiger partial charge in [0, 0.05) is 29.9 Å². The van der Waals surface area contributed by atoms with Gasteiger partial charge in [0.25, 0.3) is 0 Å². The van der Waals surface area contributed by atoms with Gasteiger partial charge in [0.05, 0.1) is 13.2 Å². The number of ether oxygens (including phenoxy) is 2. The van der Waals surface area contributed by atoms with Crippen molar-refractivity contribution in [1.29, 1.82) is 0 Å².